The number of amidine groups is 1. The second-order valence-electron chi connectivity index (χ2n) is 2.89. The van der Waals surface area contributed by atoms with Crippen molar-refractivity contribution in [3.63, 3.8) is 0 Å². The van der Waals surface area contributed by atoms with Crippen LogP contribution in [-0.4, -0.2) is 22.6 Å². The molecule has 1 aromatic heterocycles. The number of aromatic amines is 1. The quantitative estimate of drug-likeness (QED) is 0.479. The maximum absolute atomic E-state index is 4.31. The summed E-state index contributed by atoms with van der Waals surface area (Å²) < 4.78 is 0. The topological polar surface area (TPSA) is 65.4 Å². The molecule has 5 heteroatoms. The molecule has 1 atom stereocenters. The van der Waals surface area contributed by atoms with Crippen molar-refractivity contribution in [1.29, 1.82) is 0 Å². The Kier molecular flexibility index (Phi) is 0.957. The van der Waals surface area contributed by atoms with Gasteiger partial charge in [-0.15, -0.1) is 0 Å². The van der Waals surface area contributed by atoms with Crippen molar-refractivity contribution in [2.45, 2.75) is 0 Å². The molecular formula is C7H7N5. The van der Waals surface area contributed by atoms with Crippen LogP contribution in [0.4, 0.5) is 0 Å². The molecule has 1 aromatic rings. The van der Waals surface area contributed by atoms with Crippen LogP contribution in [0.3, 0.4) is 0 Å². The number of nitrogens with zero attached hydrogens (tertiary/aromatic N) is 3. The standard InChI is InChI=1S/C7H7N5/c1-4-2-8-11-6(4)10-7-5(1)3-9-12-7/h1-2,5,9H,3H2,(H,10,11,12). The highest BCUT2D eigenvalue weighted by atomic mass is 15.3. The van der Waals surface area contributed by atoms with E-state index in [1.54, 1.807) is 6.20 Å². The largest absolute Gasteiger partial charge is 0.307 e. The Hall–Kier alpha value is -1.65. The summed E-state index contributed by atoms with van der Waals surface area (Å²) in [4.78, 5) is 4.31. The average molecular weight is 161 g/mol. The summed E-state index contributed by atoms with van der Waals surface area (Å²) in [5.74, 6) is 1.18. The number of H-pyrrole nitrogens is 1. The molecule has 2 aliphatic heterocycles. The van der Waals surface area contributed by atoms with Crippen molar-refractivity contribution < 1.29 is 0 Å². The Morgan fingerprint density at radius 1 is 1.50 bits per heavy atom. The lowest BCUT2D eigenvalue weighted by Gasteiger charge is -2.03. The van der Waals surface area contributed by atoms with Crippen LogP contribution in [0.1, 0.15) is 0 Å². The van der Waals surface area contributed by atoms with Crippen molar-refractivity contribution in [2.75, 3.05) is 6.54 Å². The predicted octanol–water partition coefficient (Wildman–Crippen LogP) is -1.64. The predicted molar refractivity (Wildman–Crippen MR) is 42.8 cm³/mol. The van der Waals surface area contributed by atoms with Gasteiger partial charge in [0, 0.05) is 11.8 Å². The molecule has 0 radical (unpaired) electrons. The number of hydrogen-bond acceptors (Lipinski definition) is 4. The first-order valence-electron chi connectivity index (χ1n) is 3.84. The number of fused-ring (bicyclic) bond motifs is 2. The molecular weight excluding hydrogens is 154 g/mol. The molecule has 0 aromatic carbocycles. The molecule has 12 heavy (non-hydrogen) atoms. The van der Waals surface area contributed by atoms with E-state index in [2.05, 4.69) is 31.8 Å². The Morgan fingerprint density at radius 2 is 2.50 bits per heavy atom. The second kappa shape index (κ2) is 1.94. The van der Waals surface area contributed by atoms with Crippen molar-refractivity contribution in [1.82, 2.24) is 15.6 Å². The first-order chi connectivity index (χ1) is 5.93. The van der Waals surface area contributed by atoms with E-state index in [0.717, 1.165) is 23.1 Å². The van der Waals surface area contributed by atoms with Gasteiger partial charge < -0.3 is 5.43 Å². The van der Waals surface area contributed by atoms with Gasteiger partial charge in [0.2, 0.25) is 0 Å². The molecule has 60 valence electrons. The maximum atomic E-state index is 4.31. The molecule has 3 rings (SSSR count). The maximum Gasteiger partial charge on any atom is 0.159 e. The summed E-state index contributed by atoms with van der Waals surface area (Å²) >= 11 is 0. The highest BCUT2D eigenvalue weighted by molar-refractivity contribution is 5.92. The van der Waals surface area contributed by atoms with Gasteiger partial charge in [-0.3, -0.25) is 5.10 Å². The number of hydrazone groups is 1. The molecule has 0 spiro atoms. The molecule has 0 fully saturated rings. The summed E-state index contributed by atoms with van der Waals surface area (Å²) in [7, 11) is 0. The monoisotopic (exact) mass is 161 g/mol. The van der Waals surface area contributed by atoms with Crippen molar-refractivity contribution in [3.05, 3.63) is 16.9 Å². The highest BCUT2D eigenvalue weighted by Gasteiger charge is 2.20. The Bertz CT molecular complexity index is 454. The third-order valence-electron chi connectivity index (χ3n) is 2.09. The zero-order chi connectivity index (χ0) is 7.97. The molecule has 1 unspecified atom stereocenters. The van der Waals surface area contributed by atoms with E-state index in [1.165, 1.54) is 0 Å². The molecule has 2 aliphatic rings. The first-order valence-corrected chi connectivity index (χ1v) is 3.84. The molecule has 2 N–H and O–H groups in total. The summed E-state index contributed by atoms with van der Waals surface area (Å²) in [5, 5.41) is 11.8. The fraction of sp³-hybridized carbons (Fsp3) is 0.286. The van der Waals surface area contributed by atoms with Gasteiger partial charge in [-0.2, -0.15) is 10.2 Å². The van der Waals surface area contributed by atoms with Gasteiger partial charge in [-0.1, -0.05) is 6.08 Å². The average Bonchev–Trinajstić information content (AvgIpc) is 2.64. The summed E-state index contributed by atoms with van der Waals surface area (Å²) in [5.41, 5.74) is 3.73. The minimum absolute atomic E-state index is 0.329. The van der Waals surface area contributed by atoms with Crippen LogP contribution >= 0.6 is 0 Å². The smallest absolute Gasteiger partial charge is 0.159 e. The lowest BCUT2D eigenvalue weighted by molar-refractivity contribution is 0.763. The Labute approximate surface area is 67.9 Å². The molecule has 3 heterocycles. The summed E-state index contributed by atoms with van der Waals surface area (Å²) in [6.07, 6.45) is 3.92. The van der Waals surface area contributed by atoms with Gasteiger partial charge >= 0.3 is 0 Å². The minimum atomic E-state index is 0.329. The third kappa shape index (κ3) is 0.650. The zero-order valence-corrected chi connectivity index (χ0v) is 6.28. The van der Waals surface area contributed by atoms with Gasteiger partial charge in [0.1, 0.15) is 0 Å². The van der Waals surface area contributed by atoms with Crippen molar-refractivity contribution in [2.24, 2.45) is 16.0 Å². The second-order valence-corrected chi connectivity index (χ2v) is 2.89. The normalized spacial score (nSPS) is 24.3. The Balaban J connectivity index is 2.35. The number of nitrogens with one attached hydrogen (secondary N) is 2. The van der Waals surface area contributed by atoms with Crippen LogP contribution in [0.15, 0.2) is 16.3 Å². The number of aromatic nitrogens is 2. The fourth-order valence-electron chi connectivity index (χ4n) is 1.47. The van der Waals surface area contributed by atoms with E-state index >= 15 is 0 Å². The van der Waals surface area contributed by atoms with Gasteiger partial charge in [0.05, 0.1) is 12.1 Å². The molecule has 5 nitrogen and oxygen atoms in total. The molecule has 0 amide bonds. The summed E-state index contributed by atoms with van der Waals surface area (Å²) in [6.45, 7) is 0.851. The van der Waals surface area contributed by atoms with Crippen LogP contribution in [0.2, 0.25) is 0 Å². The van der Waals surface area contributed by atoms with Crippen LogP contribution < -0.4 is 16.1 Å². The first kappa shape index (κ1) is 5.93. The number of hydrogen-bond donors (Lipinski definition) is 2. The van der Waals surface area contributed by atoms with Crippen LogP contribution in [0, 0.1) is 5.92 Å². The van der Waals surface area contributed by atoms with Crippen molar-refractivity contribution in [3.8, 4) is 0 Å². The van der Waals surface area contributed by atoms with Crippen LogP contribution in [0.25, 0.3) is 6.08 Å². The van der Waals surface area contributed by atoms with Gasteiger partial charge in [-0.05, 0) is 0 Å². The number of rotatable bonds is 0. The lowest BCUT2D eigenvalue weighted by atomic mass is 10.1. The Morgan fingerprint density at radius 3 is 3.50 bits per heavy atom. The van der Waals surface area contributed by atoms with Gasteiger partial charge in [0.25, 0.3) is 0 Å². The molecule has 0 bridgehead atoms. The minimum Gasteiger partial charge on any atom is -0.307 e. The van der Waals surface area contributed by atoms with E-state index in [9.17, 15) is 0 Å². The lowest BCUT2D eigenvalue weighted by Crippen LogP contribution is -2.32. The van der Waals surface area contributed by atoms with Crippen LogP contribution in [-0.2, 0) is 0 Å². The van der Waals surface area contributed by atoms with Crippen LogP contribution in [0.5, 0.6) is 0 Å². The highest BCUT2D eigenvalue weighted by Crippen LogP contribution is 2.08. The fourth-order valence-corrected chi connectivity index (χ4v) is 1.47. The SMILES string of the molecule is C1=c2cn[nH]c2=NC2=NNCC12. The summed E-state index contributed by atoms with van der Waals surface area (Å²) in [6, 6.07) is 0. The third-order valence-corrected chi connectivity index (χ3v) is 2.09. The van der Waals surface area contributed by atoms with Gasteiger partial charge in [-0.25, -0.2) is 4.99 Å². The zero-order valence-electron chi connectivity index (χ0n) is 6.28. The van der Waals surface area contributed by atoms with E-state index in [4.69, 9.17) is 0 Å². The molecule has 0 saturated heterocycles. The van der Waals surface area contributed by atoms with E-state index in [-0.39, 0.29) is 0 Å². The molecule has 0 saturated carbocycles. The van der Waals surface area contributed by atoms with E-state index in [1.807, 2.05) is 0 Å². The van der Waals surface area contributed by atoms with E-state index < -0.39 is 0 Å². The van der Waals surface area contributed by atoms with Gasteiger partial charge in [0.15, 0.2) is 11.3 Å². The van der Waals surface area contributed by atoms with E-state index in [0.29, 0.717) is 5.92 Å². The van der Waals surface area contributed by atoms with Crippen molar-refractivity contribution >= 4 is 11.9 Å². The molecule has 0 aliphatic carbocycles.